The Morgan fingerprint density at radius 1 is 0.871 bits per heavy atom. The second-order valence-corrected chi connectivity index (χ2v) is 11.2. The number of benzene rings is 2. The van der Waals surface area contributed by atoms with Crippen LogP contribution in [-0.2, 0) is 0 Å². The zero-order valence-corrected chi connectivity index (χ0v) is 19.9. The van der Waals surface area contributed by atoms with E-state index in [1.54, 1.807) is 11.3 Å². The molecule has 1 aromatic heterocycles. The Labute approximate surface area is 194 Å². The van der Waals surface area contributed by atoms with Crippen molar-refractivity contribution in [3.05, 3.63) is 63.4 Å². The van der Waals surface area contributed by atoms with Crippen LogP contribution in [0.15, 0.2) is 63.2 Å². The molecule has 0 spiro atoms. The third-order valence-corrected chi connectivity index (χ3v) is 8.63. The van der Waals surface area contributed by atoms with Gasteiger partial charge < -0.3 is 0 Å². The molecule has 0 saturated heterocycles. The van der Waals surface area contributed by atoms with Crippen molar-refractivity contribution >= 4 is 33.0 Å². The van der Waals surface area contributed by atoms with Gasteiger partial charge in [0.15, 0.2) is 0 Å². The summed E-state index contributed by atoms with van der Waals surface area (Å²) < 4.78 is 2.99. The fourth-order valence-corrected chi connectivity index (χ4v) is 6.97. The van der Waals surface area contributed by atoms with Gasteiger partial charge in [0.1, 0.15) is 5.01 Å². The lowest BCUT2D eigenvalue weighted by molar-refractivity contribution is 0.108. The van der Waals surface area contributed by atoms with Crippen LogP contribution in [0.1, 0.15) is 37.7 Å². The average molecular weight is 493 g/mol. The van der Waals surface area contributed by atoms with E-state index < -0.39 is 0 Å². The molecule has 0 amide bonds. The third kappa shape index (κ3) is 3.74. The van der Waals surface area contributed by atoms with E-state index in [0.717, 1.165) is 37.4 Å². The van der Waals surface area contributed by atoms with Gasteiger partial charge in [-0.25, -0.2) is 4.68 Å². The molecule has 158 valence electrons. The largest absolute Gasteiger partial charge is 0.233 e. The normalized spacial score (nSPS) is 27.2. The van der Waals surface area contributed by atoms with Gasteiger partial charge in [-0.2, -0.15) is 10.2 Å². The molecular formula is C25H25BrN4S. The molecule has 0 unspecified atom stereocenters. The van der Waals surface area contributed by atoms with E-state index in [1.807, 2.05) is 16.8 Å². The molecule has 4 aliphatic carbocycles. The maximum atomic E-state index is 4.92. The summed E-state index contributed by atoms with van der Waals surface area (Å²) >= 11 is 5.14. The number of aromatic nitrogens is 2. The minimum atomic E-state index is 0.658. The quantitative estimate of drug-likeness (QED) is 0.390. The Morgan fingerprint density at radius 2 is 1.52 bits per heavy atom. The van der Waals surface area contributed by atoms with Crippen LogP contribution in [-0.4, -0.2) is 15.5 Å². The van der Waals surface area contributed by atoms with Crippen LogP contribution in [0.3, 0.4) is 0 Å². The minimum absolute atomic E-state index is 0.658. The van der Waals surface area contributed by atoms with Crippen molar-refractivity contribution in [1.82, 2.24) is 9.78 Å². The fraction of sp³-hybridized carbons (Fsp3) is 0.400. The van der Waals surface area contributed by atoms with Crippen LogP contribution in [0.4, 0.5) is 0 Å². The molecular weight excluding hydrogens is 468 g/mol. The SMILES string of the molecule is Cc1ccc(-c2nn(-c3ccc(Br)cc3)/c(=N/N=C3C4CC5CC(C4)CC3C5)s2)cc1. The standard InChI is InChI=1S/C25H25BrN4S/c1-15-2-4-18(5-3-15)24-29-30(22-8-6-21(26)7-9-22)25(31-24)28-27-23-19-11-16-10-17(13-19)14-20(23)12-16/h2-9,16-17,19-20H,10-14H2,1H3/b27-23?,28-25-. The zero-order valence-electron chi connectivity index (χ0n) is 17.5. The lowest BCUT2D eigenvalue weighted by Gasteiger charge is -2.50. The highest BCUT2D eigenvalue weighted by Gasteiger charge is 2.46. The average Bonchev–Trinajstić information content (AvgIpc) is 3.18. The lowest BCUT2D eigenvalue weighted by Crippen LogP contribution is -2.45. The van der Waals surface area contributed by atoms with Crippen LogP contribution in [0, 0.1) is 30.6 Å². The summed E-state index contributed by atoms with van der Waals surface area (Å²) in [4.78, 5) is 0.833. The van der Waals surface area contributed by atoms with Crippen molar-refractivity contribution in [3.63, 3.8) is 0 Å². The van der Waals surface area contributed by atoms with E-state index in [-0.39, 0.29) is 0 Å². The topological polar surface area (TPSA) is 42.5 Å². The van der Waals surface area contributed by atoms with Crippen molar-refractivity contribution in [2.45, 2.75) is 39.0 Å². The van der Waals surface area contributed by atoms with Crippen molar-refractivity contribution in [1.29, 1.82) is 0 Å². The van der Waals surface area contributed by atoms with Crippen molar-refractivity contribution < 1.29 is 0 Å². The van der Waals surface area contributed by atoms with Crippen LogP contribution in [0.2, 0.25) is 0 Å². The van der Waals surface area contributed by atoms with Gasteiger partial charge in [0.25, 0.3) is 0 Å². The van der Waals surface area contributed by atoms with Gasteiger partial charge in [0.05, 0.1) is 5.69 Å². The van der Waals surface area contributed by atoms with Gasteiger partial charge >= 0.3 is 0 Å². The van der Waals surface area contributed by atoms with E-state index in [2.05, 4.69) is 59.3 Å². The summed E-state index contributed by atoms with van der Waals surface area (Å²) in [5, 5.41) is 15.6. The van der Waals surface area contributed by atoms with Gasteiger partial charge in [0, 0.05) is 15.7 Å². The number of halogens is 1. The van der Waals surface area contributed by atoms with Crippen LogP contribution in [0.5, 0.6) is 0 Å². The Balaban J connectivity index is 1.43. The lowest BCUT2D eigenvalue weighted by atomic mass is 9.55. The van der Waals surface area contributed by atoms with Gasteiger partial charge in [-0.15, -0.1) is 5.10 Å². The predicted octanol–water partition coefficient (Wildman–Crippen LogP) is 6.38. The first kappa shape index (κ1) is 19.6. The first-order chi connectivity index (χ1) is 15.1. The second-order valence-electron chi connectivity index (χ2n) is 9.37. The fourth-order valence-electron chi connectivity index (χ4n) is 5.84. The molecule has 1 heterocycles. The Kier molecular flexibility index (Phi) is 4.95. The Bertz CT molecular complexity index is 1170. The molecule has 6 heteroatoms. The van der Waals surface area contributed by atoms with Crippen molar-refractivity contribution in [2.75, 3.05) is 0 Å². The molecule has 31 heavy (non-hydrogen) atoms. The van der Waals surface area contributed by atoms with Crippen LogP contribution < -0.4 is 4.80 Å². The van der Waals surface area contributed by atoms with E-state index in [9.17, 15) is 0 Å². The highest BCUT2D eigenvalue weighted by molar-refractivity contribution is 9.10. The number of rotatable bonds is 3. The maximum Gasteiger partial charge on any atom is 0.233 e. The molecule has 3 aromatic rings. The monoisotopic (exact) mass is 492 g/mol. The summed E-state index contributed by atoms with van der Waals surface area (Å²) in [6.45, 7) is 2.11. The van der Waals surface area contributed by atoms with Crippen LogP contribution in [0.25, 0.3) is 16.3 Å². The van der Waals surface area contributed by atoms with E-state index in [4.69, 9.17) is 15.3 Å². The number of nitrogens with zero attached hydrogens (tertiary/aromatic N) is 4. The van der Waals surface area contributed by atoms with Crippen molar-refractivity contribution in [3.8, 4) is 16.3 Å². The highest BCUT2D eigenvalue weighted by Crippen LogP contribution is 2.52. The summed E-state index contributed by atoms with van der Waals surface area (Å²) in [5.74, 6) is 3.19. The summed E-state index contributed by atoms with van der Waals surface area (Å²) in [6, 6.07) is 16.7. The highest BCUT2D eigenvalue weighted by atomic mass is 79.9. The molecule has 4 fully saturated rings. The molecule has 2 aromatic carbocycles. The van der Waals surface area contributed by atoms with E-state index >= 15 is 0 Å². The molecule has 0 aliphatic heterocycles. The molecule has 0 N–H and O–H groups in total. The summed E-state index contributed by atoms with van der Waals surface area (Å²) in [6.07, 6.45) is 6.75. The van der Waals surface area contributed by atoms with Gasteiger partial charge in [-0.05, 0) is 87.0 Å². The van der Waals surface area contributed by atoms with Gasteiger partial charge in [-0.3, -0.25) is 0 Å². The first-order valence-corrected chi connectivity index (χ1v) is 12.8. The molecule has 0 atom stereocenters. The van der Waals surface area contributed by atoms with Crippen LogP contribution >= 0.6 is 27.3 Å². The molecule has 4 saturated carbocycles. The number of hydrogen-bond donors (Lipinski definition) is 0. The van der Waals surface area contributed by atoms with E-state index in [1.165, 1.54) is 43.4 Å². The van der Waals surface area contributed by atoms with E-state index in [0.29, 0.717) is 11.8 Å². The van der Waals surface area contributed by atoms with Gasteiger partial charge in [0.2, 0.25) is 4.80 Å². The molecule has 0 radical (unpaired) electrons. The molecule has 4 aliphatic rings. The zero-order chi connectivity index (χ0) is 20.9. The minimum Gasteiger partial charge on any atom is -0.203 e. The summed E-state index contributed by atoms with van der Waals surface area (Å²) in [5.41, 5.74) is 4.73. The third-order valence-electron chi connectivity index (χ3n) is 7.16. The van der Waals surface area contributed by atoms with Crippen molar-refractivity contribution in [2.24, 2.45) is 33.9 Å². The second kappa shape index (κ2) is 7.82. The Morgan fingerprint density at radius 3 is 2.16 bits per heavy atom. The summed E-state index contributed by atoms with van der Waals surface area (Å²) in [7, 11) is 0. The molecule has 7 rings (SSSR count). The smallest absolute Gasteiger partial charge is 0.203 e. The first-order valence-electron chi connectivity index (χ1n) is 11.2. The number of hydrogen-bond acceptors (Lipinski definition) is 4. The molecule has 4 bridgehead atoms. The number of aryl methyl sites for hydroxylation is 1. The Hall–Kier alpha value is -2.05. The molecule has 4 nitrogen and oxygen atoms in total. The predicted molar refractivity (Wildman–Crippen MR) is 129 cm³/mol. The van der Waals surface area contributed by atoms with Gasteiger partial charge in [-0.1, -0.05) is 57.1 Å². The maximum absolute atomic E-state index is 4.92.